The monoisotopic (exact) mass is 1230 g/mol. The summed E-state index contributed by atoms with van der Waals surface area (Å²) < 4.78 is 31.8. The van der Waals surface area contributed by atoms with E-state index in [0.29, 0.717) is 12.8 Å². The standard InChI is InChI=1S/C59H97N3O24/c1-43(63)16-17-44(56(73)74)37-49(65)40-84-33-30-82-28-25-61-53(69)22-19-46(58(77)78)39-51(67)42-86-35-32-83-29-26-62-54(70)23-20-47(59(79)80)38-50(66)41-85-34-31-81-27-24-60-52(68)21-18-45(57(75)76)36-48(64)14-12-10-8-6-4-2-3-5-7-9-11-13-15-55(71)72/h44-47H,2-42H2,1H3,(H,60,68)(H,61,69)(H,62,70)(H,71,72)(H,73,74)(H,75,76)(H,77,78)(H,79,80)/t44-,45-,46-,47-/m1/s1. The molecule has 0 bridgehead atoms. The molecule has 0 rings (SSSR count). The Hall–Kier alpha value is -6.13. The molecule has 0 unspecified atom stereocenters. The number of carboxylic acids is 5. The number of ketones is 5. The minimum absolute atomic E-state index is 0.00254. The zero-order valence-corrected chi connectivity index (χ0v) is 50.3. The first kappa shape index (κ1) is 79.9. The zero-order valence-electron chi connectivity index (χ0n) is 50.3. The largest absolute Gasteiger partial charge is 0.481 e. The van der Waals surface area contributed by atoms with Crippen molar-refractivity contribution in [2.75, 3.05) is 98.9 Å². The van der Waals surface area contributed by atoms with Crippen LogP contribution in [0.2, 0.25) is 0 Å². The number of rotatable bonds is 63. The normalized spacial score (nSPS) is 12.5. The Kier molecular flexibility index (Phi) is 49.3. The van der Waals surface area contributed by atoms with Crippen molar-refractivity contribution in [1.29, 1.82) is 0 Å². The zero-order chi connectivity index (χ0) is 64.2. The lowest BCUT2D eigenvalue weighted by atomic mass is 9.94. The van der Waals surface area contributed by atoms with Crippen molar-refractivity contribution in [1.82, 2.24) is 16.0 Å². The molecule has 0 aromatic heterocycles. The summed E-state index contributed by atoms with van der Waals surface area (Å²) in [7, 11) is 0. The summed E-state index contributed by atoms with van der Waals surface area (Å²) in [6.45, 7) is 0.994. The van der Waals surface area contributed by atoms with Crippen molar-refractivity contribution in [2.24, 2.45) is 23.7 Å². The number of Topliss-reactive ketones (excluding diaryl/α,β-unsaturated/α-hetero) is 5. The van der Waals surface area contributed by atoms with Crippen LogP contribution in [0.15, 0.2) is 0 Å². The molecule has 27 heteroatoms. The third-order valence-electron chi connectivity index (χ3n) is 13.5. The molecular formula is C59H97N3O24. The first-order chi connectivity index (χ1) is 41.1. The van der Waals surface area contributed by atoms with Gasteiger partial charge in [-0.15, -0.1) is 0 Å². The maximum Gasteiger partial charge on any atom is 0.306 e. The quantitative estimate of drug-likeness (QED) is 0.0393. The molecule has 492 valence electrons. The Morgan fingerprint density at radius 3 is 0.837 bits per heavy atom. The van der Waals surface area contributed by atoms with Crippen molar-refractivity contribution in [3.05, 3.63) is 0 Å². The van der Waals surface area contributed by atoms with Gasteiger partial charge in [0.25, 0.3) is 0 Å². The second kappa shape index (κ2) is 53.1. The molecule has 0 saturated carbocycles. The SMILES string of the molecule is CC(=O)CC[C@H](CC(=O)COCCOCCNC(=O)CC[C@H](CC(=O)COCCOCCNC(=O)CC[C@H](CC(=O)COCCOCCNC(=O)CC[C@H](CC(=O)CCCCCCCCCCCCCCC(=O)O)C(=O)O)C(=O)O)C(=O)O)C(=O)O. The second-order valence-electron chi connectivity index (χ2n) is 21.1. The third-order valence-corrected chi connectivity index (χ3v) is 13.5. The van der Waals surface area contributed by atoms with Gasteiger partial charge in [0, 0.05) is 83.8 Å². The Bertz CT molecular complexity index is 2030. The number of hydrogen-bond acceptors (Lipinski definition) is 19. The molecule has 0 fully saturated rings. The Balaban J connectivity index is 4.05. The average molecular weight is 1230 g/mol. The number of nitrogens with one attached hydrogen (secondary N) is 3. The molecule has 0 aliphatic carbocycles. The molecule has 0 heterocycles. The number of aliphatic carboxylic acids is 5. The summed E-state index contributed by atoms with van der Waals surface area (Å²) >= 11 is 0. The summed E-state index contributed by atoms with van der Waals surface area (Å²) in [4.78, 5) is 154. The summed E-state index contributed by atoms with van der Waals surface area (Å²) in [5.74, 6) is -12.8. The lowest BCUT2D eigenvalue weighted by Crippen LogP contribution is -2.29. The van der Waals surface area contributed by atoms with Gasteiger partial charge in [-0.1, -0.05) is 64.2 Å². The van der Waals surface area contributed by atoms with Gasteiger partial charge < -0.3 is 74.7 Å². The van der Waals surface area contributed by atoms with E-state index in [1.165, 1.54) is 6.92 Å². The number of amides is 3. The Morgan fingerprint density at radius 2 is 0.558 bits per heavy atom. The maximum atomic E-state index is 12.5. The minimum Gasteiger partial charge on any atom is -0.481 e. The van der Waals surface area contributed by atoms with Gasteiger partial charge in [0.1, 0.15) is 31.4 Å². The highest BCUT2D eigenvalue weighted by Crippen LogP contribution is 2.19. The molecule has 0 spiro atoms. The highest BCUT2D eigenvalue weighted by molar-refractivity contribution is 5.87. The molecule has 27 nitrogen and oxygen atoms in total. The van der Waals surface area contributed by atoms with Crippen LogP contribution in [0.5, 0.6) is 0 Å². The van der Waals surface area contributed by atoms with Crippen molar-refractivity contribution in [2.45, 2.75) is 174 Å². The van der Waals surface area contributed by atoms with Crippen LogP contribution in [0, 0.1) is 23.7 Å². The van der Waals surface area contributed by atoms with Crippen LogP contribution in [-0.4, -0.2) is 201 Å². The first-order valence-electron chi connectivity index (χ1n) is 30.1. The van der Waals surface area contributed by atoms with Gasteiger partial charge >= 0.3 is 29.8 Å². The van der Waals surface area contributed by atoms with Crippen LogP contribution >= 0.6 is 0 Å². The van der Waals surface area contributed by atoms with Crippen LogP contribution in [0.25, 0.3) is 0 Å². The van der Waals surface area contributed by atoms with Crippen LogP contribution < -0.4 is 16.0 Å². The van der Waals surface area contributed by atoms with Crippen molar-refractivity contribution in [3.8, 4) is 0 Å². The fourth-order valence-corrected chi connectivity index (χ4v) is 8.56. The highest BCUT2D eigenvalue weighted by atomic mass is 16.5. The second-order valence-corrected chi connectivity index (χ2v) is 21.1. The van der Waals surface area contributed by atoms with Gasteiger partial charge in [-0.3, -0.25) is 57.5 Å². The molecule has 4 atom stereocenters. The molecule has 0 aromatic carbocycles. The molecule has 8 N–H and O–H groups in total. The number of hydrogen-bond donors (Lipinski definition) is 8. The highest BCUT2D eigenvalue weighted by Gasteiger charge is 2.26. The van der Waals surface area contributed by atoms with Crippen molar-refractivity contribution in [3.63, 3.8) is 0 Å². The van der Waals surface area contributed by atoms with Gasteiger partial charge in [0.2, 0.25) is 17.7 Å². The van der Waals surface area contributed by atoms with Crippen LogP contribution in [0.4, 0.5) is 0 Å². The molecule has 86 heavy (non-hydrogen) atoms. The summed E-state index contributed by atoms with van der Waals surface area (Å²) in [5, 5.41) is 54.5. The summed E-state index contributed by atoms with van der Waals surface area (Å²) in [5.41, 5.74) is 0. The fraction of sp³-hybridized carbons (Fsp3) is 0.780. The van der Waals surface area contributed by atoms with Crippen LogP contribution in [0.1, 0.15) is 174 Å². The van der Waals surface area contributed by atoms with E-state index < -0.39 is 89.3 Å². The predicted octanol–water partition coefficient (Wildman–Crippen LogP) is 4.33. The van der Waals surface area contributed by atoms with Crippen molar-refractivity contribution >= 4 is 76.5 Å². The van der Waals surface area contributed by atoms with Gasteiger partial charge in [0.15, 0.2) is 17.3 Å². The van der Waals surface area contributed by atoms with Gasteiger partial charge in [-0.25, -0.2) is 0 Å². The number of unbranched alkanes of at least 4 members (excludes halogenated alkanes) is 11. The van der Waals surface area contributed by atoms with E-state index in [0.717, 1.165) is 70.6 Å². The van der Waals surface area contributed by atoms with Crippen LogP contribution in [-0.2, 0) is 90.8 Å². The molecule has 3 amide bonds. The molecule has 0 radical (unpaired) electrons. The van der Waals surface area contributed by atoms with Crippen LogP contribution in [0.3, 0.4) is 0 Å². The van der Waals surface area contributed by atoms with E-state index in [9.17, 15) is 82.8 Å². The Morgan fingerprint density at radius 1 is 0.302 bits per heavy atom. The minimum atomic E-state index is -1.26. The summed E-state index contributed by atoms with van der Waals surface area (Å²) in [6, 6.07) is 0. The van der Waals surface area contributed by atoms with Gasteiger partial charge in [-0.05, 0) is 45.4 Å². The molecule has 0 aliphatic heterocycles. The lowest BCUT2D eigenvalue weighted by molar-refractivity contribution is -0.145. The smallest absolute Gasteiger partial charge is 0.306 e. The molecule has 0 saturated heterocycles. The first-order valence-corrected chi connectivity index (χ1v) is 30.1. The van der Waals surface area contributed by atoms with E-state index in [4.69, 9.17) is 33.5 Å². The predicted molar refractivity (Wildman–Crippen MR) is 307 cm³/mol. The lowest BCUT2D eigenvalue weighted by Gasteiger charge is -2.13. The van der Waals surface area contributed by atoms with Gasteiger partial charge in [-0.2, -0.15) is 0 Å². The molecular weight excluding hydrogens is 1130 g/mol. The van der Waals surface area contributed by atoms with E-state index >= 15 is 0 Å². The molecule has 0 aromatic rings. The third kappa shape index (κ3) is 50.1. The van der Waals surface area contributed by atoms with E-state index in [1.54, 1.807) is 0 Å². The van der Waals surface area contributed by atoms with Gasteiger partial charge in [0.05, 0.1) is 83.1 Å². The number of ether oxygens (including phenoxy) is 6. The average Bonchev–Trinajstić information content (AvgIpc) is 3.58. The van der Waals surface area contributed by atoms with E-state index in [-0.39, 0.29) is 193 Å². The maximum absolute atomic E-state index is 12.5. The number of carboxylic acid groups (broad SMARTS) is 5. The number of carbonyl (C=O) groups excluding carboxylic acids is 8. The van der Waals surface area contributed by atoms with E-state index in [1.807, 2.05) is 0 Å². The Labute approximate surface area is 503 Å². The fourth-order valence-electron chi connectivity index (χ4n) is 8.56. The summed E-state index contributed by atoms with van der Waals surface area (Å²) in [6.07, 6.45) is 11.1. The van der Waals surface area contributed by atoms with Crippen molar-refractivity contribution < 1.29 is 116 Å². The topological polar surface area (TPSA) is 415 Å². The van der Waals surface area contributed by atoms with E-state index in [2.05, 4.69) is 16.0 Å². The number of carbonyl (C=O) groups is 13. The molecule has 0 aliphatic rings.